The predicted molar refractivity (Wildman–Crippen MR) is 202 cm³/mol. The number of hydrogen-bond donors (Lipinski definition) is 2. The Kier molecular flexibility index (Phi) is 9.78. The Morgan fingerprint density at radius 2 is 0.922 bits per heavy atom. The van der Waals surface area contributed by atoms with Gasteiger partial charge in [0.2, 0.25) is 11.7 Å². The van der Waals surface area contributed by atoms with Crippen molar-refractivity contribution < 1.29 is 14.4 Å². The van der Waals surface area contributed by atoms with Crippen LogP contribution < -0.4 is 16.0 Å². The Morgan fingerprint density at radius 3 is 1.25 bits per heavy atom. The molecule has 6 aromatic carbocycles. The number of nitrogens with two attached hydrogens (primary N) is 1. The number of carbonyl (C=O) groups is 1. The summed E-state index contributed by atoms with van der Waals surface area (Å²) in [5.74, 6) is -0.942. The molecule has 0 aliphatic rings. The van der Waals surface area contributed by atoms with Crippen LogP contribution in [0.3, 0.4) is 0 Å². The molecule has 0 radical (unpaired) electrons. The van der Waals surface area contributed by atoms with Gasteiger partial charge in [0.05, 0.1) is 5.38 Å². The van der Waals surface area contributed by atoms with E-state index in [1.165, 1.54) is 11.3 Å². The van der Waals surface area contributed by atoms with E-state index in [-0.39, 0.29) is 16.8 Å². The first-order valence-corrected chi connectivity index (χ1v) is 17.3. The standard InChI is InChI=1S/C43H34N4O3S/c44-41-45-38(31-51-41)49-40(48)39(46-42(32-19-7-1-8-20-32,33-21-9-2-10-22-33)34-23-11-3-12-24-34)47-50-43(35-25-13-4-14-26-35,36-27-15-5-16-28-36)37-29-17-6-18-30-37/h1-31H,(H2,44,45)(H,46,47). The number of thiazole rings is 1. The van der Waals surface area contributed by atoms with E-state index >= 15 is 0 Å². The van der Waals surface area contributed by atoms with Gasteiger partial charge in [-0.25, -0.2) is 15.3 Å². The van der Waals surface area contributed by atoms with Crippen LogP contribution in [0.4, 0.5) is 5.13 Å². The van der Waals surface area contributed by atoms with Crippen molar-refractivity contribution in [1.29, 1.82) is 0 Å². The maximum absolute atomic E-state index is 14.4. The van der Waals surface area contributed by atoms with Crippen molar-refractivity contribution in [3.8, 4) is 5.88 Å². The fourth-order valence-corrected chi connectivity index (χ4v) is 6.76. The van der Waals surface area contributed by atoms with Crippen LogP contribution in [0.1, 0.15) is 33.4 Å². The summed E-state index contributed by atoms with van der Waals surface area (Å²) in [5, 5.41) is 1.84. The molecule has 51 heavy (non-hydrogen) atoms. The zero-order chi connectivity index (χ0) is 34.9. The number of amidine groups is 1. The van der Waals surface area contributed by atoms with E-state index in [4.69, 9.17) is 20.3 Å². The number of hydrogen-bond acceptors (Lipinski definition) is 7. The number of ether oxygens (including phenoxy) is 1. The summed E-state index contributed by atoms with van der Waals surface area (Å²) in [7, 11) is 0. The van der Waals surface area contributed by atoms with Crippen LogP contribution in [0.25, 0.3) is 0 Å². The van der Waals surface area contributed by atoms with E-state index in [1.54, 1.807) is 5.38 Å². The maximum atomic E-state index is 14.4. The molecule has 8 heteroatoms. The van der Waals surface area contributed by atoms with Crippen molar-refractivity contribution in [1.82, 2.24) is 10.5 Å². The van der Waals surface area contributed by atoms with Gasteiger partial charge in [0.1, 0.15) is 5.54 Å². The molecule has 0 unspecified atom stereocenters. The van der Waals surface area contributed by atoms with Crippen molar-refractivity contribution in [3.05, 3.63) is 221 Å². The molecular weight excluding hydrogens is 653 g/mol. The number of aromatic nitrogens is 1. The average molecular weight is 687 g/mol. The Hall–Kier alpha value is -6.35. The Labute approximate surface area is 300 Å². The number of nitrogens with one attached hydrogen (secondary N) is 1. The SMILES string of the molecule is Nc1nc(OC(=O)C(=NC(c2ccccc2)(c2ccccc2)c2ccccc2)NOC(c2ccccc2)(c2ccccc2)c2ccccc2)cs1. The van der Waals surface area contributed by atoms with E-state index in [2.05, 4.69) is 10.5 Å². The summed E-state index contributed by atoms with van der Waals surface area (Å²) < 4.78 is 5.84. The second-order valence-corrected chi connectivity index (χ2v) is 12.6. The topological polar surface area (TPSA) is 98.8 Å². The van der Waals surface area contributed by atoms with E-state index in [0.717, 1.165) is 33.4 Å². The molecule has 3 N–H and O–H groups in total. The van der Waals surface area contributed by atoms with Gasteiger partial charge in [-0.05, 0) is 33.4 Å². The third-order valence-electron chi connectivity index (χ3n) is 8.59. The third kappa shape index (κ3) is 6.78. The normalized spacial score (nSPS) is 11.9. The fraction of sp³-hybridized carbons (Fsp3) is 0.0465. The van der Waals surface area contributed by atoms with Gasteiger partial charge in [0, 0.05) is 0 Å². The van der Waals surface area contributed by atoms with E-state index in [0.29, 0.717) is 0 Å². The van der Waals surface area contributed by atoms with Crippen LogP contribution in [0.2, 0.25) is 0 Å². The molecular formula is C43H34N4O3S. The lowest BCUT2D eigenvalue weighted by Gasteiger charge is -2.36. The number of carbonyl (C=O) groups excluding carboxylic acids is 1. The summed E-state index contributed by atoms with van der Waals surface area (Å²) >= 11 is 1.17. The summed E-state index contributed by atoms with van der Waals surface area (Å²) in [6.07, 6.45) is 0. The molecule has 1 aromatic heterocycles. The van der Waals surface area contributed by atoms with E-state index in [9.17, 15) is 4.79 Å². The lowest BCUT2D eigenvalue weighted by Crippen LogP contribution is -2.45. The number of esters is 1. The minimum Gasteiger partial charge on any atom is -0.401 e. The van der Waals surface area contributed by atoms with Crippen molar-refractivity contribution in [3.63, 3.8) is 0 Å². The number of rotatable bonds is 10. The zero-order valence-corrected chi connectivity index (χ0v) is 28.3. The van der Waals surface area contributed by atoms with Gasteiger partial charge in [-0.15, -0.1) is 11.3 Å². The number of hydroxylamine groups is 1. The average Bonchev–Trinajstić information content (AvgIpc) is 3.62. The Morgan fingerprint density at radius 1 is 0.569 bits per heavy atom. The maximum Gasteiger partial charge on any atom is 0.382 e. The number of nitrogens with zero attached hydrogens (tertiary/aromatic N) is 2. The van der Waals surface area contributed by atoms with Crippen LogP contribution >= 0.6 is 11.3 Å². The van der Waals surface area contributed by atoms with E-state index in [1.807, 2.05) is 182 Å². The first-order chi connectivity index (χ1) is 25.1. The molecule has 0 aliphatic carbocycles. The van der Waals surface area contributed by atoms with Gasteiger partial charge in [-0.1, -0.05) is 182 Å². The van der Waals surface area contributed by atoms with Crippen molar-refractivity contribution in [2.45, 2.75) is 11.1 Å². The molecule has 0 spiro atoms. The number of nitrogen functional groups attached to an aromatic ring is 1. The highest BCUT2D eigenvalue weighted by atomic mass is 32.1. The molecule has 7 rings (SSSR count). The molecule has 7 aromatic rings. The molecule has 0 saturated heterocycles. The molecule has 0 saturated carbocycles. The van der Waals surface area contributed by atoms with Crippen LogP contribution in [-0.2, 0) is 20.8 Å². The van der Waals surface area contributed by atoms with Crippen LogP contribution in [-0.4, -0.2) is 16.8 Å². The quantitative estimate of drug-likeness (QED) is 0.0492. The Balaban J connectivity index is 1.47. The molecule has 0 aliphatic heterocycles. The highest BCUT2D eigenvalue weighted by Crippen LogP contribution is 2.42. The summed E-state index contributed by atoms with van der Waals surface area (Å²) in [6.45, 7) is 0. The lowest BCUT2D eigenvalue weighted by molar-refractivity contribution is -0.128. The molecule has 1 heterocycles. The minimum atomic E-state index is -1.23. The van der Waals surface area contributed by atoms with Gasteiger partial charge in [0.25, 0.3) is 0 Å². The molecule has 7 nitrogen and oxygen atoms in total. The van der Waals surface area contributed by atoms with Gasteiger partial charge in [-0.2, -0.15) is 4.98 Å². The van der Waals surface area contributed by atoms with Gasteiger partial charge in [0.15, 0.2) is 10.7 Å². The van der Waals surface area contributed by atoms with E-state index < -0.39 is 17.1 Å². The smallest absolute Gasteiger partial charge is 0.382 e. The fourth-order valence-electron chi connectivity index (χ4n) is 6.29. The largest absolute Gasteiger partial charge is 0.401 e. The second kappa shape index (κ2) is 15.0. The number of anilines is 1. The molecule has 0 fully saturated rings. The highest BCUT2D eigenvalue weighted by molar-refractivity contribution is 7.13. The summed E-state index contributed by atoms with van der Waals surface area (Å²) in [4.78, 5) is 30.9. The first-order valence-electron chi connectivity index (χ1n) is 16.4. The highest BCUT2D eigenvalue weighted by Gasteiger charge is 2.42. The van der Waals surface area contributed by atoms with Crippen LogP contribution in [0.5, 0.6) is 5.88 Å². The second-order valence-electron chi connectivity index (χ2n) is 11.7. The molecule has 250 valence electrons. The predicted octanol–water partition coefficient (Wildman–Crippen LogP) is 8.53. The van der Waals surface area contributed by atoms with Gasteiger partial charge < -0.3 is 10.5 Å². The molecule has 0 amide bonds. The lowest BCUT2D eigenvalue weighted by atomic mass is 9.77. The van der Waals surface area contributed by atoms with Crippen LogP contribution in [0, 0.1) is 0 Å². The van der Waals surface area contributed by atoms with Crippen LogP contribution in [0.15, 0.2) is 192 Å². The zero-order valence-electron chi connectivity index (χ0n) is 27.5. The number of aliphatic imine (C=N–C) groups is 1. The third-order valence-corrected chi connectivity index (χ3v) is 9.24. The summed E-state index contributed by atoms with van der Waals surface area (Å²) in [6, 6.07) is 59.2. The minimum absolute atomic E-state index is 0.0576. The Bertz CT molecular complexity index is 2000. The summed E-state index contributed by atoms with van der Waals surface area (Å²) in [5.41, 5.74) is 11.5. The van der Waals surface area contributed by atoms with Crippen molar-refractivity contribution >= 4 is 28.3 Å². The first kappa shape index (κ1) is 33.2. The molecule has 0 bridgehead atoms. The molecule has 0 atom stereocenters. The monoisotopic (exact) mass is 686 g/mol. The van der Waals surface area contributed by atoms with Crippen molar-refractivity contribution in [2.75, 3.05) is 5.73 Å². The number of benzene rings is 6. The van der Waals surface area contributed by atoms with Gasteiger partial charge in [-0.3, -0.25) is 4.84 Å². The van der Waals surface area contributed by atoms with Crippen molar-refractivity contribution in [2.24, 2.45) is 4.99 Å². The van der Waals surface area contributed by atoms with Gasteiger partial charge >= 0.3 is 5.97 Å².